The fourth-order valence-electron chi connectivity index (χ4n) is 2.36. The van der Waals surface area contributed by atoms with Crippen LogP contribution in [-0.4, -0.2) is 49.6 Å². The Bertz CT molecular complexity index is 574. The SMILES string of the molecule is CCN(C)C(=O)[C@@H](C)NC(=O)CCc1ccc2c(c1)OCCO2. The summed E-state index contributed by atoms with van der Waals surface area (Å²) in [5, 5.41) is 2.74. The topological polar surface area (TPSA) is 67.9 Å². The second-order valence-electron chi connectivity index (χ2n) is 5.62. The van der Waals surface area contributed by atoms with Crippen LogP contribution in [0.25, 0.3) is 0 Å². The van der Waals surface area contributed by atoms with Crippen LogP contribution in [0.15, 0.2) is 18.2 Å². The van der Waals surface area contributed by atoms with Crippen molar-refractivity contribution in [1.82, 2.24) is 10.2 Å². The van der Waals surface area contributed by atoms with Gasteiger partial charge < -0.3 is 19.7 Å². The monoisotopic (exact) mass is 320 g/mol. The van der Waals surface area contributed by atoms with Crippen molar-refractivity contribution in [1.29, 1.82) is 0 Å². The van der Waals surface area contributed by atoms with Crippen LogP contribution in [-0.2, 0) is 16.0 Å². The molecule has 1 aromatic carbocycles. The van der Waals surface area contributed by atoms with Gasteiger partial charge in [-0.15, -0.1) is 0 Å². The molecule has 0 bridgehead atoms. The third-order valence-electron chi connectivity index (χ3n) is 3.85. The van der Waals surface area contributed by atoms with E-state index in [4.69, 9.17) is 9.47 Å². The minimum Gasteiger partial charge on any atom is -0.486 e. The van der Waals surface area contributed by atoms with Gasteiger partial charge in [-0.3, -0.25) is 9.59 Å². The van der Waals surface area contributed by atoms with Crippen molar-refractivity contribution in [2.24, 2.45) is 0 Å². The second-order valence-corrected chi connectivity index (χ2v) is 5.62. The number of ether oxygens (including phenoxy) is 2. The molecule has 0 unspecified atom stereocenters. The zero-order valence-electron chi connectivity index (χ0n) is 13.9. The third kappa shape index (κ3) is 4.61. The molecule has 0 fully saturated rings. The van der Waals surface area contributed by atoms with E-state index in [0.717, 1.165) is 17.1 Å². The lowest BCUT2D eigenvalue weighted by Crippen LogP contribution is -2.45. The molecular weight excluding hydrogens is 296 g/mol. The number of hydrogen-bond acceptors (Lipinski definition) is 4. The van der Waals surface area contributed by atoms with Gasteiger partial charge in [-0.05, 0) is 38.0 Å². The summed E-state index contributed by atoms with van der Waals surface area (Å²) in [4.78, 5) is 25.5. The second kappa shape index (κ2) is 7.85. The zero-order chi connectivity index (χ0) is 16.8. The van der Waals surface area contributed by atoms with Crippen molar-refractivity contribution >= 4 is 11.8 Å². The normalized spacial score (nSPS) is 14.0. The van der Waals surface area contributed by atoms with E-state index >= 15 is 0 Å². The van der Waals surface area contributed by atoms with Crippen LogP contribution in [0.2, 0.25) is 0 Å². The number of amides is 2. The number of fused-ring (bicyclic) bond motifs is 1. The van der Waals surface area contributed by atoms with Gasteiger partial charge in [0.1, 0.15) is 19.3 Å². The van der Waals surface area contributed by atoms with Crippen LogP contribution in [0.3, 0.4) is 0 Å². The molecule has 0 saturated heterocycles. The van der Waals surface area contributed by atoms with Crippen LogP contribution >= 0.6 is 0 Å². The summed E-state index contributed by atoms with van der Waals surface area (Å²) in [6.07, 6.45) is 0.917. The van der Waals surface area contributed by atoms with E-state index in [9.17, 15) is 9.59 Å². The summed E-state index contributed by atoms with van der Waals surface area (Å²) < 4.78 is 11.0. The molecule has 1 aliphatic rings. The number of nitrogens with zero attached hydrogens (tertiary/aromatic N) is 1. The molecule has 2 rings (SSSR count). The highest BCUT2D eigenvalue weighted by Crippen LogP contribution is 2.31. The molecule has 2 amide bonds. The Balaban J connectivity index is 1.83. The summed E-state index contributed by atoms with van der Waals surface area (Å²) in [6.45, 7) is 5.33. The zero-order valence-corrected chi connectivity index (χ0v) is 13.9. The molecule has 0 radical (unpaired) electrons. The number of aryl methyl sites for hydroxylation is 1. The number of likely N-dealkylation sites (N-methyl/N-ethyl adjacent to an activating group) is 1. The van der Waals surface area contributed by atoms with Gasteiger partial charge in [-0.25, -0.2) is 0 Å². The Labute approximate surface area is 136 Å². The fourth-order valence-corrected chi connectivity index (χ4v) is 2.36. The van der Waals surface area contributed by atoms with Crippen LogP contribution in [0.1, 0.15) is 25.8 Å². The molecule has 0 saturated carbocycles. The van der Waals surface area contributed by atoms with Gasteiger partial charge in [0, 0.05) is 20.0 Å². The number of carbonyl (C=O) groups is 2. The first-order valence-electron chi connectivity index (χ1n) is 7.94. The molecule has 6 heteroatoms. The van der Waals surface area contributed by atoms with Gasteiger partial charge in [0.15, 0.2) is 11.5 Å². The largest absolute Gasteiger partial charge is 0.486 e. The number of rotatable bonds is 6. The Morgan fingerprint density at radius 3 is 2.65 bits per heavy atom. The van der Waals surface area contributed by atoms with Crippen LogP contribution in [0.4, 0.5) is 0 Å². The molecule has 1 heterocycles. The number of carbonyl (C=O) groups excluding carboxylic acids is 2. The molecule has 1 N–H and O–H groups in total. The maximum absolute atomic E-state index is 12.0. The Kier molecular flexibility index (Phi) is 5.84. The molecule has 0 spiro atoms. The molecule has 6 nitrogen and oxygen atoms in total. The highest BCUT2D eigenvalue weighted by Gasteiger charge is 2.18. The number of nitrogens with one attached hydrogen (secondary N) is 1. The molecule has 126 valence electrons. The van der Waals surface area contributed by atoms with Crippen LogP contribution in [0.5, 0.6) is 11.5 Å². The molecule has 0 aliphatic carbocycles. The molecule has 1 atom stereocenters. The summed E-state index contributed by atoms with van der Waals surface area (Å²) in [7, 11) is 1.72. The van der Waals surface area contributed by atoms with E-state index in [1.54, 1.807) is 18.9 Å². The lowest BCUT2D eigenvalue weighted by Gasteiger charge is -2.20. The van der Waals surface area contributed by atoms with Crippen molar-refractivity contribution in [2.45, 2.75) is 32.7 Å². The standard InChI is InChI=1S/C17H24N2O4/c1-4-19(3)17(21)12(2)18-16(20)8-6-13-5-7-14-15(11-13)23-10-9-22-14/h5,7,11-12H,4,6,8-10H2,1-3H3,(H,18,20)/t12-/m1/s1. The average molecular weight is 320 g/mol. The van der Waals surface area contributed by atoms with Crippen molar-refractivity contribution in [2.75, 3.05) is 26.8 Å². The maximum atomic E-state index is 12.0. The molecular formula is C17H24N2O4. The van der Waals surface area contributed by atoms with Crippen molar-refractivity contribution in [3.63, 3.8) is 0 Å². The first kappa shape index (κ1) is 17.1. The first-order valence-corrected chi connectivity index (χ1v) is 7.94. The van der Waals surface area contributed by atoms with E-state index < -0.39 is 6.04 Å². The van der Waals surface area contributed by atoms with E-state index in [1.807, 2.05) is 25.1 Å². The molecule has 1 aliphatic heterocycles. The quantitative estimate of drug-likeness (QED) is 0.860. The van der Waals surface area contributed by atoms with Gasteiger partial charge in [-0.2, -0.15) is 0 Å². The number of benzene rings is 1. The maximum Gasteiger partial charge on any atom is 0.244 e. The Morgan fingerprint density at radius 1 is 1.26 bits per heavy atom. The Morgan fingerprint density at radius 2 is 1.96 bits per heavy atom. The summed E-state index contributed by atoms with van der Waals surface area (Å²) >= 11 is 0. The van der Waals surface area contributed by atoms with Crippen LogP contribution in [0, 0.1) is 0 Å². The van der Waals surface area contributed by atoms with Gasteiger partial charge in [0.25, 0.3) is 0 Å². The minimum atomic E-state index is -0.507. The van der Waals surface area contributed by atoms with E-state index in [1.165, 1.54) is 0 Å². The first-order chi connectivity index (χ1) is 11.0. The predicted octanol–water partition coefficient (Wildman–Crippen LogP) is 1.37. The number of hydrogen-bond donors (Lipinski definition) is 1. The van der Waals surface area contributed by atoms with E-state index in [0.29, 0.717) is 32.6 Å². The van der Waals surface area contributed by atoms with Gasteiger partial charge in [0.05, 0.1) is 0 Å². The van der Waals surface area contributed by atoms with Gasteiger partial charge >= 0.3 is 0 Å². The highest BCUT2D eigenvalue weighted by molar-refractivity contribution is 5.87. The molecule has 1 aromatic rings. The lowest BCUT2D eigenvalue weighted by molar-refractivity contribution is -0.134. The van der Waals surface area contributed by atoms with Crippen molar-refractivity contribution in [3.8, 4) is 11.5 Å². The van der Waals surface area contributed by atoms with E-state index in [2.05, 4.69) is 5.32 Å². The van der Waals surface area contributed by atoms with Crippen molar-refractivity contribution in [3.05, 3.63) is 23.8 Å². The summed E-state index contributed by atoms with van der Waals surface area (Å²) in [6, 6.07) is 5.19. The smallest absolute Gasteiger partial charge is 0.244 e. The minimum absolute atomic E-state index is 0.0832. The predicted molar refractivity (Wildman–Crippen MR) is 86.7 cm³/mol. The highest BCUT2D eigenvalue weighted by atomic mass is 16.6. The van der Waals surface area contributed by atoms with Gasteiger partial charge in [0.2, 0.25) is 11.8 Å². The molecule has 23 heavy (non-hydrogen) atoms. The summed E-state index contributed by atoms with van der Waals surface area (Å²) in [5.41, 5.74) is 1.01. The molecule has 0 aromatic heterocycles. The van der Waals surface area contributed by atoms with E-state index in [-0.39, 0.29) is 11.8 Å². The lowest BCUT2D eigenvalue weighted by atomic mass is 10.1. The van der Waals surface area contributed by atoms with Gasteiger partial charge in [-0.1, -0.05) is 6.07 Å². The summed E-state index contributed by atoms with van der Waals surface area (Å²) in [5.74, 6) is 1.25. The fraction of sp³-hybridized carbons (Fsp3) is 0.529. The third-order valence-corrected chi connectivity index (χ3v) is 3.85. The average Bonchev–Trinajstić information content (AvgIpc) is 2.58. The van der Waals surface area contributed by atoms with Crippen molar-refractivity contribution < 1.29 is 19.1 Å². The van der Waals surface area contributed by atoms with Crippen LogP contribution < -0.4 is 14.8 Å². The Hall–Kier alpha value is -2.24.